The Balaban J connectivity index is 1.64. The number of terminal acetylenes is 1. The van der Waals surface area contributed by atoms with Crippen LogP contribution in [0.3, 0.4) is 0 Å². The Morgan fingerprint density at radius 2 is 2.04 bits per heavy atom. The van der Waals surface area contributed by atoms with Crippen molar-refractivity contribution in [1.82, 2.24) is 10.3 Å². The van der Waals surface area contributed by atoms with Crippen LogP contribution in [0.2, 0.25) is 0 Å². The molecule has 1 aliphatic carbocycles. The Bertz CT molecular complexity index is 813. The van der Waals surface area contributed by atoms with Crippen molar-refractivity contribution in [2.45, 2.75) is 44.9 Å². The fourth-order valence-corrected chi connectivity index (χ4v) is 4.88. The molecule has 1 aromatic carbocycles. The van der Waals surface area contributed by atoms with Gasteiger partial charge in [0, 0.05) is 6.42 Å². The highest BCUT2D eigenvalue weighted by Gasteiger charge is 2.36. The number of hydrogen-bond donors (Lipinski definition) is 1. The summed E-state index contributed by atoms with van der Waals surface area (Å²) in [6, 6.07) is 8.10. The molecular weight excluding hydrogens is 360 g/mol. The zero-order valence-corrected chi connectivity index (χ0v) is 16.1. The second-order valence-corrected chi connectivity index (χ2v) is 8.25. The number of nitrogens with zero attached hydrogens (tertiary/aromatic N) is 1. The number of amides is 1. The number of nitrogens with one attached hydrogen (secondary N) is 1. The van der Waals surface area contributed by atoms with E-state index in [9.17, 15) is 9.59 Å². The highest BCUT2D eigenvalue weighted by molar-refractivity contribution is 7.18. The van der Waals surface area contributed by atoms with Crippen molar-refractivity contribution in [3.63, 3.8) is 0 Å². The topological polar surface area (TPSA) is 68.3 Å². The SMILES string of the molecule is C#CCNC(=O)COC(=O)CC1(Cc2nc3ccccc3s2)CCCCC1. The lowest BCUT2D eigenvalue weighted by atomic mass is 9.70. The molecule has 0 spiro atoms. The third kappa shape index (κ3) is 5.30. The van der Waals surface area contributed by atoms with Crippen molar-refractivity contribution < 1.29 is 14.3 Å². The van der Waals surface area contributed by atoms with Gasteiger partial charge in [0.05, 0.1) is 28.2 Å². The van der Waals surface area contributed by atoms with Crippen LogP contribution in [0, 0.1) is 17.8 Å². The first kappa shape index (κ1) is 19.4. The van der Waals surface area contributed by atoms with Crippen LogP contribution in [0.1, 0.15) is 43.5 Å². The molecule has 6 heteroatoms. The van der Waals surface area contributed by atoms with Crippen LogP contribution < -0.4 is 5.32 Å². The van der Waals surface area contributed by atoms with E-state index in [1.807, 2.05) is 18.2 Å². The maximum atomic E-state index is 12.4. The summed E-state index contributed by atoms with van der Waals surface area (Å²) in [4.78, 5) is 28.7. The molecule has 0 bridgehead atoms. The van der Waals surface area contributed by atoms with Gasteiger partial charge in [-0.05, 0) is 30.4 Å². The minimum atomic E-state index is -0.370. The van der Waals surface area contributed by atoms with Gasteiger partial charge in [-0.2, -0.15) is 0 Å². The highest BCUT2D eigenvalue weighted by atomic mass is 32.1. The number of ether oxygens (including phenoxy) is 1. The van der Waals surface area contributed by atoms with E-state index in [4.69, 9.17) is 16.1 Å². The Hall–Kier alpha value is -2.39. The van der Waals surface area contributed by atoms with Crippen molar-refractivity contribution >= 4 is 33.4 Å². The highest BCUT2D eigenvalue weighted by Crippen LogP contribution is 2.43. The van der Waals surface area contributed by atoms with E-state index in [1.54, 1.807) is 11.3 Å². The number of thiazole rings is 1. The molecule has 1 fully saturated rings. The summed E-state index contributed by atoms with van der Waals surface area (Å²) in [5.74, 6) is 1.62. The maximum absolute atomic E-state index is 12.4. The minimum Gasteiger partial charge on any atom is -0.456 e. The average molecular weight is 385 g/mol. The Morgan fingerprint density at radius 1 is 1.26 bits per heavy atom. The summed E-state index contributed by atoms with van der Waals surface area (Å²) < 4.78 is 6.36. The van der Waals surface area contributed by atoms with E-state index in [2.05, 4.69) is 17.3 Å². The fourth-order valence-electron chi connectivity index (χ4n) is 3.74. The average Bonchev–Trinajstić information content (AvgIpc) is 3.07. The predicted molar refractivity (Wildman–Crippen MR) is 106 cm³/mol. The summed E-state index contributed by atoms with van der Waals surface area (Å²) in [5, 5.41) is 3.56. The molecule has 1 N–H and O–H groups in total. The molecule has 1 aromatic heterocycles. The zero-order valence-electron chi connectivity index (χ0n) is 15.3. The summed E-state index contributed by atoms with van der Waals surface area (Å²) in [6.45, 7) is -0.143. The lowest BCUT2D eigenvalue weighted by molar-refractivity contribution is -0.151. The fraction of sp³-hybridized carbons (Fsp3) is 0.476. The number of hydrogen-bond acceptors (Lipinski definition) is 5. The van der Waals surface area contributed by atoms with Gasteiger partial charge in [-0.3, -0.25) is 9.59 Å². The van der Waals surface area contributed by atoms with Gasteiger partial charge in [-0.15, -0.1) is 17.8 Å². The van der Waals surface area contributed by atoms with Crippen molar-refractivity contribution in [3.8, 4) is 12.3 Å². The van der Waals surface area contributed by atoms with Crippen molar-refractivity contribution in [2.75, 3.05) is 13.2 Å². The van der Waals surface area contributed by atoms with E-state index in [0.717, 1.165) is 42.6 Å². The van der Waals surface area contributed by atoms with E-state index < -0.39 is 0 Å². The van der Waals surface area contributed by atoms with Gasteiger partial charge in [0.2, 0.25) is 0 Å². The third-order valence-electron chi connectivity index (χ3n) is 5.05. The van der Waals surface area contributed by atoms with Gasteiger partial charge >= 0.3 is 5.97 Å². The summed E-state index contributed by atoms with van der Waals surface area (Å²) in [5.41, 5.74) is 0.884. The van der Waals surface area contributed by atoms with Crippen LogP contribution >= 0.6 is 11.3 Å². The standard InChI is InChI=1S/C21H24N2O3S/c1-2-12-22-18(24)15-26-20(25)14-21(10-6-3-7-11-21)13-19-23-16-8-4-5-9-17(16)27-19/h1,4-5,8-9H,3,6-7,10-15H2,(H,22,24). The summed E-state index contributed by atoms with van der Waals surface area (Å²) in [7, 11) is 0. The molecule has 0 aliphatic heterocycles. The first-order valence-electron chi connectivity index (χ1n) is 9.30. The number of aromatic nitrogens is 1. The van der Waals surface area contributed by atoms with Crippen molar-refractivity contribution in [3.05, 3.63) is 29.3 Å². The minimum absolute atomic E-state index is 0.126. The normalized spacial score (nSPS) is 15.8. The second kappa shape index (κ2) is 9.01. The molecule has 142 valence electrons. The van der Waals surface area contributed by atoms with E-state index in [0.29, 0.717) is 6.42 Å². The molecule has 0 radical (unpaired) electrons. The maximum Gasteiger partial charge on any atom is 0.306 e. The monoisotopic (exact) mass is 384 g/mol. The number of fused-ring (bicyclic) bond motifs is 1. The molecule has 0 unspecified atom stereocenters. The summed E-state index contributed by atoms with van der Waals surface area (Å²) >= 11 is 1.70. The van der Waals surface area contributed by atoms with Gasteiger partial charge in [-0.1, -0.05) is 37.3 Å². The lowest BCUT2D eigenvalue weighted by Crippen LogP contribution is -2.33. The Kier molecular flexibility index (Phi) is 6.46. The molecule has 1 aliphatic rings. The molecule has 2 aromatic rings. The van der Waals surface area contributed by atoms with Gasteiger partial charge in [-0.25, -0.2) is 4.98 Å². The van der Waals surface area contributed by atoms with Crippen LogP contribution in [-0.2, 0) is 20.7 Å². The first-order chi connectivity index (χ1) is 13.1. The van der Waals surface area contributed by atoms with Crippen LogP contribution in [0.5, 0.6) is 0 Å². The molecule has 27 heavy (non-hydrogen) atoms. The molecular formula is C21H24N2O3S. The Morgan fingerprint density at radius 3 is 2.78 bits per heavy atom. The van der Waals surface area contributed by atoms with Crippen LogP contribution in [0.15, 0.2) is 24.3 Å². The van der Waals surface area contributed by atoms with E-state index in [1.165, 1.54) is 11.1 Å². The zero-order chi connectivity index (χ0) is 19.1. The van der Waals surface area contributed by atoms with Crippen LogP contribution in [-0.4, -0.2) is 30.0 Å². The van der Waals surface area contributed by atoms with Crippen molar-refractivity contribution in [2.24, 2.45) is 5.41 Å². The van der Waals surface area contributed by atoms with Gasteiger partial charge in [0.1, 0.15) is 0 Å². The molecule has 1 amide bonds. The van der Waals surface area contributed by atoms with E-state index >= 15 is 0 Å². The number of esters is 1. The van der Waals surface area contributed by atoms with Gasteiger partial charge in [0.15, 0.2) is 6.61 Å². The molecule has 0 atom stereocenters. The molecule has 1 saturated carbocycles. The number of benzene rings is 1. The largest absolute Gasteiger partial charge is 0.456 e. The smallest absolute Gasteiger partial charge is 0.306 e. The van der Waals surface area contributed by atoms with Crippen molar-refractivity contribution in [1.29, 1.82) is 0 Å². The van der Waals surface area contributed by atoms with Crippen LogP contribution in [0.4, 0.5) is 0 Å². The van der Waals surface area contributed by atoms with E-state index in [-0.39, 0.29) is 30.4 Å². The molecule has 0 saturated heterocycles. The molecule has 5 nitrogen and oxygen atoms in total. The molecule has 1 heterocycles. The van der Waals surface area contributed by atoms with Crippen LogP contribution in [0.25, 0.3) is 10.2 Å². The van der Waals surface area contributed by atoms with Gasteiger partial charge < -0.3 is 10.1 Å². The predicted octanol–water partition coefficient (Wildman–Crippen LogP) is 3.47. The third-order valence-corrected chi connectivity index (χ3v) is 6.09. The van der Waals surface area contributed by atoms with Gasteiger partial charge in [0.25, 0.3) is 5.91 Å². The quantitative estimate of drug-likeness (QED) is 0.586. The molecule has 3 rings (SSSR count). The second-order valence-electron chi connectivity index (χ2n) is 7.13. The number of para-hydroxylation sites is 1. The number of carbonyl (C=O) groups is 2. The number of rotatable bonds is 7. The first-order valence-corrected chi connectivity index (χ1v) is 10.1. The number of carbonyl (C=O) groups excluding carboxylic acids is 2. The Labute approximate surface area is 163 Å². The summed E-state index contributed by atoms with van der Waals surface area (Å²) in [6.07, 6.45) is 11.6. The lowest BCUT2D eigenvalue weighted by Gasteiger charge is -2.36.